The summed E-state index contributed by atoms with van der Waals surface area (Å²) < 4.78 is 0. The zero-order valence-electron chi connectivity index (χ0n) is 8.71. The summed E-state index contributed by atoms with van der Waals surface area (Å²) in [5.74, 6) is 0. The van der Waals surface area contributed by atoms with Gasteiger partial charge < -0.3 is 0 Å². The van der Waals surface area contributed by atoms with Crippen LogP contribution in [-0.2, 0) is 0 Å². The second-order valence-corrected chi connectivity index (χ2v) is 6.23. The largest absolute Gasteiger partial charge is 0.192 e. The lowest BCUT2D eigenvalue weighted by atomic mass is 10.1. The van der Waals surface area contributed by atoms with Gasteiger partial charge in [0.15, 0.2) is 0 Å². The molecule has 3 rings (SSSR count). The highest BCUT2D eigenvalue weighted by atomic mass is 32.2. The number of nitrogens with zero attached hydrogens (tertiary/aromatic N) is 1. The molecule has 0 spiro atoms. The van der Waals surface area contributed by atoms with Crippen molar-refractivity contribution < 1.29 is 0 Å². The Morgan fingerprint density at radius 2 is 1.76 bits per heavy atom. The Morgan fingerprint density at radius 1 is 1.00 bits per heavy atom. The number of nitriles is 1. The minimum atomic E-state index is 0.707. The van der Waals surface area contributed by atoms with Crippen LogP contribution in [0, 0.1) is 11.3 Å². The van der Waals surface area contributed by atoms with Crippen molar-refractivity contribution in [1.82, 2.24) is 0 Å². The summed E-state index contributed by atoms with van der Waals surface area (Å²) in [6.45, 7) is 0. The van der Waals surface area contributed by atoms with Gasteiger partial charge in [0.1, 0.15) is 0 Å². The van der Waals surface area contributed by atoms with Crippen molar-refractivity contribution in [3.8, 4) is 6.07 Å². The number of hydrogen-bond acceptors (Lipinski definition) is 4. The Balaban J connectivity index is 1.90. The molecule has 0 aliphatic carbocycles. The van der Waals surface area contributed by atoms with Crippen LogP contribution < -0.4 is 0 Å². The van der Waals surface area contributed by atoms with Crippen LogP contribution >= 0.6 is 34.9 Å². The van der Waals surface area contributed by atoms with Gasteiger partial charge in [-0.2, -0.15) is 16.6 Å². The van der Waals surface area contributed by atoms with Crippen LogP contribution in [0.3, 0.4) is 0 Å². The average Bonchev–Trinajstić information content (AvgIpc) is 2.86. The van der Waals surface area contributed by atoms with Gasteiger partial charge in [-0.3, -0.25) is 0 Å². The molecule has 2 heterocycles. The van der Waals surface area contributed by atoms with E-state index in [1.807, 2.05) is 24.3 Å². The zero-order valence-corrected chi connectivity index (χ0v) is 11.2. The van der Waals surface area contributed by atoms with Crippen LogP contribution in [0.5, 0.6) is 0 Å². The van der Waals surface area contributed by atoms with Crippen LogP contribution in [0.4, 0.5) is 0 Å². The topological polar surface area (TPSA) is 23.8 Å². The predicted octanol–water partition coefficient (Wildman–Crippen LogP) is 4.82. The van der Waals surface area contributed by atoms with Crippen molar-refractivity contribution in [3.63, 3.8) is 0 Å². The third kappa shape index (κ3) is 2.14. The summed E-state index contributed by atoms with van der Waals surface area (Å²) in [6.07, 6.45) is 0. The molecule has 1 aliphatic heterocycles. The number of fused-ring (bicyclic) bond motifs is 1. The summed E-state index contributed by atoms with van der Waals surface area (Å²) in [5, 5.41) is 15.3. The quantitative estimate of drug-likeness (QED) is 0.744. The lowest BCUT2D eigenvalue weighted by molar-refractivity contribution is 1.35. The third-order valence-corrected chi connectivity index (χ3v) is 5.80. The standard InChI is InChI=1S/C13H7NS3/c14-5-9-1-3-10(4-2-9)11-8-16-12-6-15-7-13(12)17-11/h1-4,6-8H. The van der Waals surface area contributed by atoms with Gasteiger partial charge in [-0.15, -0.1) is 0 Å². The van der Waals surface area contributed by atoms with E-state index in [1.54, 1.807) is 34.9 Å². The molecular formula is C13H7NS3. The minimum Gasteiger partial charge on any atom is -0.192 e. The molecule has 0 unspecified atom stereocenters. The fraction of sp³-hybridized carbons (Fsp3) is 0. The smallest absolute Gasteiger partial charge is 0.0991 e. The van der Waals surface area contributed by atoms with Crippen molar-refractivity contribution in [3.05, 3.63) is 51.6 Å². The number of hydrogen-bond donors (Lipinski definition) is 0. The van der Waals surface area contributed by atoms with E-state index in [0.717, 1.165) is 0 Å². The summed E-state index contributed by atoms with van der Waals surface area (Å²) in [6, 6.07) is 9.89. The van der Waals surface area contributed by atoms with E-state index in [2.05, 4.69) is 22.2 Å². The fourth-order valence-corrected chi connectivity index (χ4v) is 4.80. The first kappa shape index (κ1) is 11.0. The van der Waals surface area contributed by atoms with E-state index in [4.69, 9.17) is 5.26 Å². The molecule has 2 aromatic rings. The molecule has 1 aromatic carbocycles. The van der Waals surface area contributed by atoms with Crippen LogP contribution in [-0.4, -0.2) is 0 Å². The molecule has 0 atom stereocenters. The van der Waals surface area contributed by atoms with E-state index >= 15 is 0 Å². The highest BCUT2D eigenvalue weighted by Gasteiger charge is 2.14. The summed E-state index contributed by atoms with van der Waals surface area (Å²) in [7, 11) is 0. The van der Waals surface area contributed by atoms with Crippen LogP contribution in [0.2, 0.25) is 0 Å². The Kier molecular flexibility index (Phi) is 2.98. The van der Waals surface area contributed by atoms with Crippen molar-refractivity contribution in [2.45, 2.75) is 9.79 Å². The summed E-state index contributed by atoms with van der Waals surface area (Å²) >= 11 is 5.31. The van der Waals surface area contributed by atoms with Crippen molar-refractivity contribution in [2.24, 2.45) is 0 Å². The maximum atomic E-state index is 8.77. The number of rotatable bonds is 1. The van der Waals surface area contributed by atoms with Gasteiger partial charge in [0.2, 0.25) is 0 Å². The predicted molar refractivity (Wildman–Crippen MR) is 75.2 cm³/mol. The molecule has 0 bridgehead atoms. The van der Waals surface area contributed by atoms with Crippen LogP contribution in [0.25, 0.3) is 4.91 Å². The highest BCUT2D eigenvalue weighted by Crippen LogP contribution is 2.47. The fourth-order valence-electron chi connectivity index (χ4n) is 1.53. The second-order valence-electron chi connectivity index (χ2n) is 3.49. The van der Waals surface area contributed by atoms with E-state index < -0.39 is 0 Å². The van der Waals surface area contributed by atoms with Gasteiger partial charge >= 0.3 is 0 Å². The lowest BCUT2D eigenvalue weighted by Crippen LogP contribution is -1.84. The number of benzene rings is 1. The first-order valence-electron chi connectivity index (χ1n) is 4.98. The number of thiophene rings is 1. The van der Waals surface area contributed by atoms with E-state index in [-0.39, 0.29) is 0 Å². The van der Waals surface area contributed by atoms with Gasteiger partial charge in [-0.25, -0.2) is 0 Å². The first-order chi connectivity index (χ1) is 8.36. The average molecular weight is 273 g/mol. The molecule has 0 saturated carbocycles. The Morgan fingerprint density at radius 3 is 2.53 bits per heavy atom. The maximum absolute atomic E-state index is 8.77. The Bertz CT molecular complexity index is 617. The van der Waals surface area contributed by atoms with Gasteiger partial charge in [-0.05, 0) is 23.1 Å². The molecule has 4 heteroatoms. The zero-order chi connectivity index (χ0) is 11.7. The Hall–Kier alpha value is -1.15. The Labute approximate surface area is 112 Å². The monoisotopic (exact) mass is 273 g/mol. The minimum absolute atomic E-state index is 0.707. The molecule has 0 N–H and O–H groups in total. The number of thioether (sulfide) groups is 2. The maximum Gasteiger partial charge on any atom is 0.0991 e. The lowest BCUT2D eigenvalue weighted by Gasteiger charge is -2.12. The van der Waals surface area contributed by atoms with Crippen molar-refractivity contribution in [1.29, 1.82) is 5.26 Å². The van der Waals surface area contributed by atoms with E-state index in [0.29, 0.717) is 5.56 Å². The van der Waals surface area contributed by atoms with Crippen molar-refractivity contribution in [2.75, 3.05) is 0 Å². The molecule has 1 nitrogen and oxygen atoms in total. The summed E-state index contributed by atoms with van der Waals surface area (Å²) in [5.41, 5.74) is 1.89. The molecule has 0 radical (unpaired) electrons. The van der Waals surface area contributed by atoms with Crippen LogP contribution in [0.1, 0.15) is 11.1 Å². The summed E-state index contributed by atoms with van der Waals surface area (Å²) in [4.78, 5) is 3.93. The van der Waals surface area contributed by atoms with Gasteiger partial charge in [0, 0.05) is 25.5 Å². The van der Waals surface area contributed by atoms with Crippen LogP contribution in [0.15, 0.2) is 50.2 Å². The highest BCUT2D eigenvalue weighted by molar-refractivity contribution is 8.12. The molecule has 17 heavy (non-hydrogen) atoms. The first-order valence-corrected chi connectivity index (χ1v) is 7.62. The van der Waals surface area contributed by atoms with E-state index in [1.165, 1.54) is 20.3 Å². The molecule has 0 amide bonds. The molecule has 0 fully saturated rings. The normalized spacial score (nSPS) is 13.7. The van der Waals surface area contributed by atoms with E-state index in [9.17, 15) is 0 Å². The molecule has 0 saturated heterocycles. The molecular weight excluding hydrogens is 266 g/mol. The van der Waals surface area contributed by atoms with Gasteiger partial charge in [-0.1, -0.05) is 35.7 Å². The van der Waals surface area contributed by atoms with Gasteiger partial charge in [0.05, 0.1) is 11.6 Å². The molecule has 1 aromatic heterocycles. The SMILES string of the molecule is N#Cc1ccc(C2=CSc3cscc3S2)cc1. The second kappa shape index (κ2) is 4.61. The van der Waals surface area contributed by atoms with Gasteiger partial charge in [0.25, 0.3) is 0 Å². The third-order valence-electron chi connectivity index (χ3n) is 2.40. The molecule has 82 valence electrons. The van der Waals surface area contributed by atoms with Crippen molar-refractivity contribution >= 4 is 39.8 Å². The molecule has 1 aliphatic rings.